The summed E-state index contributed by atoms with van der Waals surface area (Å²) in [6.07, 6.45) is 4.16. The molecule has 0 spiro atoms. The number of hydrogen-bond donors (Lipinski definition) is 1. The number of rotatable bonds is 4. The number of likely N-dealkylation sites (tertiary alicyclic amines) is 1. The molecule has 0 aliphatic carbocycles. The Kier molecular flexibility index (Phi) is 5.24. The van der Waals surface area contributed by atoms with Crippen LogP contribution < -0.4 is 0 Å². The number of aromatic amines is 1. The van der Waals surface area contributed by atoms with Gasteiger partial charge < -0.3 is 14.3 Å². The molecule has 5 rings (SSSR count). The lowest BCUT2D eigenvalue weighted by Gasteiger charge is -2.31. The number of aromatic nitrogens is 2. The van der Waals surface area contributed by atoms with Crippen LogP contribution in [-0.2, 0) is 6.42 Å². The summed E-state index contributed by atoms with van der Waals surface area (Å²) in [6, 6.07) is 14.2. The summed E-state index contributed by atoms with van der Waals surface area (Å²) in [5, 5.41) is 1.39. The number of hydrogen-bond acceptors (Lipinski definition) is 3. The summed E-state index contributed by atoms with van der Waals surface area (Å²) >= 11 is 5.95. The molecule has 1 amide bonds. The molecule has 2 aromatic heterocycles. The lowest BCUT2D eigenvalue weighted by molar-refractivity contribution is 0.0693. The van der Waals surface area contributed by atoms with E-state index >= 15 is 0 Å². The molecule has 31 heavy (non-hydrogen) atoms. The molecule has 7 heteroatoms. The number of piperidine rings is 1. The molecular weight excluding hydrogens is 417 g/mol. The lowest BCUT2D eigenvalue weighted by Crippen LogP contribution is -2.39. The predicted octanol–water partition coefficient (Wildman–Crippen LogP) is 5.56. The van der Waals surface area contributed by atoms with Gasteiger partial charge in [-0.25, -0.2) is 9.37 Å². The standard InChI is InChI=1S/C24H21ClFN3O2/c25-18-8-6-15(7-9-18)11-19-13-27-23(31-19)17-4-2-10-29(14-17)24(30)21-12-16-3-1-5-20(26)22(16)28-21/h1,3,5-9,12-13,17,28H,2,4,10-11,14H2. The number of para-hydroxylation sites is 1. The van der Waals surface area contributed by atoms with Crippen LogP contribution >= 0.6 is 11.6 Å². The SMILES string of the molecule is O=C(c1cc2cccc(F)c2[nH]1)N1CCCC(c2ncc(Cc3ccc(Cl)cc3)o2)C1. The quantitative estimate of drug-likeness (QED) is 0.454. The van der Waals surface area contributed by atoms with E-state index in [0.717, 1.165) is 24.2 Å². The second-order valence-corrected chi connectivity index (χ2v) is 8.38. The van der Waals surface area contributed by atoms with Crippen LogP contribution in [0.15, 0.2) is 59.1 Å². The first-order chi connectivity index (χ1) is 15.1. The van der Waals surface area contributed by atoms with Crippen molar-refractivity contribution in [2.45, 2.75) is 25.2 Å². The molecule has 1 atom stereocenters. The second kappa shape index (κ2) is 8.19. The first-order valence-electron chi connectivity index (χ1n) is 10.3. The molecular formula is C24H21ClFN3O2. The summed E-state index contributed by atoms with van der Waals surface area (Å²) in [6.45, 7) is 1.18. The Morgan fingerprint density at radius 2 is 2.10 bits per heavy atom. The molecule has 1 N–H and O–H groups in total. The van der Waals surface area contributed by atoms with Gasteiger partial charge in [0.1, 0.15) is 17.3 Å². The van der Waals surface area contributed by atoms with Crippen LogP contribution in [0, 0.1) is 5.82 Å². The molecule has 1 aliphatic rings. The number of halogens is 2. The van der Waals surface area contributed by atoms with Crippen LogP contribution in [0.5, 0.6) is 0 Å². The highest BCUT2D eigenvalue weighted by atomic mass is 35.5. The molecule has 158 valence electrons. The maximum atomic E-state index is 14.0. The van der Waals surface area contributed by atoms with Gasteiger partial charge in [-0.2, -0.15) is 0 Å². The Balaban J connectivity index is 1.29. The van der Waals surface area contributed by atoms with Crippen molar-refractivity contribution in [3.63, 3.8) is 0 Å². The fourth-order valence-corrected chi connectivity index (χ4v) is 4.29. The van der Waals surface area contributed by atoms with E-state index in [1.54, 1.807) is 29.3 Å². The van der Waals surface area contributed by atoms with Gasteiger partial charge in [-0.3, -0.25) is 4.79 Å². The summed E-state index contributed by atoms with van der Waals surface area (Å²) in [5.41, 5.74) is 1.86. The van der Waals surface area contributed by atoms with Gasteiger partial charge in [0.2, 0.25) is 0 Å². The van der Waals surface area contributed by atoms with Gasteiger partial charge in [0, 0.05) is 29.9 Å². The lowest BCUT2D eigenvalue weighted by atomic mass is 9.97. The predicted molar refractivity (Wildman–Crippen MR) is 117 cm³/mol. The van der Waals surface area contributed by atoms with Crippen molar-refractivity contribution in [2.75, 3.05) is 13.1 Å². The van der Waals surface area contributed by atoms with Gasteiger partial charge in [0.05, 0.1) is 17.6 Å². The van der Waals surface area contributed by atoms with Crippen LogP contribution in [0.2, 0.25) is 5.02 Å². The van der Waals surface area contributed by atoms with Gasteiger partial charge in [0.15, 0.2) is 5.89 Å². The highest BCUT2D eigenvalue weighted by Crippen LogP contribution is 2.29. The molecule has 0 saturated carbocycles. The minimum Gasteiger partial charge on any atom is -0.445 e. The minimum atomic E-state index is -0.360. The van der Waals surface area contributed by atoms with Gasteiger partial charge in [-0.1, -0.05) is 35.9 Å². The zero-order chi connectivity index (χ0) is 21.4. The number of carbonyl (C=O) groups is 1. The zero-order valence-electron chi connectivity index (χ0n) is 16.8. The van der Waals surface area contributed by atoms with E-state index < -0.39 is 0 Å². The van der Waals surface area contributed by atoms with Crippen LogP contribution in [0.4, 0.5) is 4.39 Å². The monoisotopic (exact) mass is 437 g/mol. The van der Waals surface area contributed by atoms with Crippen LogP contribution in [0.3, 0.4) is 0 Å². The van der Waals surface area contributed by atoms with Gasteiger partial charge in [-0.05, 0) is 42.7 Å². The maximum absolute atomic E-state index is 14.0. The molecule has 1 aliphatic heterocycles. The first-order valence-corrected chi connectivity index (χ1v) is 10.7. The highest BCUT2D eigenvalue weighted by molar-refractivity contribution is 6.30. The van der Waals surface area contributed by atoms with Crippen LogP contribution in [0.25, 0.3) is 10.9 Å². The smallest absolute Gasteiger partial charge is 0.270 e. The van der Waals surface area contributed by atoms with E-state index in [1.165, 1.54) is 6.07 Å². The Labute approximate surface area is 183 Å². The van der Waals surface area contributed by atoms with Crippen LogP contribution in [-0.4, -0.2) is 33.9 Å². The molecule has 0 bridgehead atoms. The Bertz CT molecular complexity index is 1230. The molecule has 1 saturated heterocycles. The Hall–Kier alpha value is -3.12. The summed E-state index contributed by atoms with van der Waals surface area (Å²) < 4.78 is 20.0. The Morgan fingerprint density at radius 1 is 1.26 bits per heavy atom. The van der Waals surface area contributed by atoms with E-state index in [2.05, 4.69) is 9.97 Å². The topological polar surface area (TPSA) is 62.1 Å². The number of benzene rings is 2. The fourth-order valence-electron chi connectivity index (χ4n) is 4.16. The summed E-state index contributed by atoms with van der Waals surface area (Å²) in [4.78, 5) is 22.2. The van der Waals surface area contributed by atoms with Crippen molar-refractivity contribution in [1.29, 1.82) is 0 Å². The number of H-pyrrole nitrogens is 1. The Morgan fingerprint density at radius 3 is 2.90 bits per heavy atom. The molecule has 3 heterocycles. The van der Waals surface area contributed by atoms with E-state index in [4.69, 9.17) is 16.0 Å². The van der Waals surface area contributed by atoms with E-state index in [0.29, 0.717) is 47.0 Å². The van der Waals surface area contributed by atoms with Crippen molar-refractivity contribution in [3.05, 3.63) is 88.5 Å². The van der Waals surface area contributed by atoms with Crippen molar-refractivity contribution < 1.29 is 13.6 Å². The van der Waals surface area contributed by atoms with Gasteiger partial charge in [-0.15, -0.1) is 0 Å². The molecule has 4 aromatic rings. The third-order valence-corrected chi connectivity index (χ3v) is 6.01. The zero-order valence-corrected chi connectivity index (χ0v) is 17.5. The molecule has 2 aromatic carbocycles. The van der Waals surface area contributed by atoms with E-state index in [1.807, 2.05) is 24.3 Å². The maximum Gasteiger partial charge on any atom is 0.270 e. The molecule has 1 fully saturated rings. The number of amides is 1. The third-order valence-electron chi connectivity index (χ3n) is 5.76. The van der Waals surface area contributed by atoms with Crippen LogP contribution in [0.1, 0.15) is 46.5 Å². The van der Waals surface area contributed by atoms with E-state index in [-0.39, 0.29) is 17.6 Å². The number of nitrogens with one attached hydrogen (secondary N) is 1. The van der Waals surface area contributed by atoms with Gasteiger partial charge in [0.25, 0.3) is 5.91 Å². The summed E-state index contributed by atoms with van der Waals surface area (Å²) in [5.74, 6) is 0.989. The fraction of sp³-hybridized carbons (Fsp3) is 0.250. The first kappa shape index (κ1) is 19.8. The van der Waals surface area contributed by atoms with Crippen molar-refractivity contribution in [1.82, 2.24) is 14.9 Å². The van der Waals surface area contributed by atoms with Crippen molar-refractivity contribution in [2.24, 2.45) is 0 Å². The van der Waals surface area contributed by atoms with Crippen molar-refractivity contribution >= 4 is 28.4 Å². The average Bonchev–Trinajstić information content (AvgIpc) is 3.43. The summed E-state index contributed by atoms with van der Waals surface area (Å²) in [7, 11) is 0. The minimum absolute atomic E-state index is 0.0396. The highest BCUT2D eigenvalue weighted by Gasteiger charge is 2.29. The average molecular weight is 438 g/mol. The molecule has 1 unspecified atom stereocenters. The van der Waals surface area contributed by atoms with Gasteiger partial charge >= 0.3 is 0 Å². The molecule has 0 radical (unpaired) electrons. The third kappa shape index (κ3) is 4.08. The number of nitrogens with zero attached hydrogens (tertiary/aromatic N) is 2. The second-order valence-electron chi connectivity index (χ2n) is 7.95. The number of oxazole rings is 1. The van der Waals surface area contributed by atoms with Crippen molar-refractivity contribution in [3.8, 4) is 0 Å². The normalized spacial score (nSPS) is 16.7. The largest absolute Gasteiger partial charge is 0.445 e. The van der Waals surface area contributed by atoms with E-state index in [9.17, 15) is 9.18 Å². The number of carbonyl (C=O) groups excluding carboxylic acids is 1. The number of fused-ring (bicyclic) bond motifs is 1. The molecule has 5 nitrogen and oxygen atoms in total.